The van der Waals surface area contributed by atoms with Crippen LogP contribution in [-0.4, -0.2) is 9.85 Å². The van der Waals surface area contributed by atoms with E-state index in [0.29, 0.717) is 0 Å². The Bertz CT molecular complexity index is 116. The second-order valence-electron chi connectivity index (χ2n) is 0.578. The predicted octanol–water partition coefficient (Wildman–Crippen LogP) is 1.33. The summed E-state index contributed by atoms with van der Waals surface area (Å²) in [4.78, 5) is 13.8. The first kappa shape index (κ1) is 6.65. The van der Waals surface area contributed by atoms with Gasteiger partial charge in [-0.3, -0.25) is 4.84 Å². The molecule has 0 saturated carbocycles. The summed E-state index contributed by atoms with van der Waals surface area (Å²) in [5.41, 5.74) is 0. The van der Waals surface area contributed by atoms with Crippen molar-refractivity contribution in [3.05, 3.63) is 6.58 Å². The van der Waals surface area contributed by atoms with Gasteiger partial charge in [0.05, 0.1) is 22.6 Å². The molecule has 0 atom stereocenters. The zero-order chi connectivity index (χ0) is 5.70. The van der Waals surface area contributed by atoms with E-state index in [2.05, 4.69) is 16.6 Å². The first-order valence-corrected chi connectivity index (χ1v) is 2.44. The van der Waals surface area contributed by atoms with Crippen molar-refractivity contribution < 1.29 is 9.63 Å². The van der Waals surface area contributed by atoms with E-state index >= 15 is 0 Å². The summed E-state index contributed by atoms with van der Waals surface area (Å²) in [6.07, 6.45) is 0. The molecule has 0 aliphatic rings. The Kier molecular flexibility index (Phi) is 3.64. The number of nitrogens with zero attached hydrogens (tertiary/aromatic N) is 1. The second kappa shape index (κ2) is 3.83. The molecule has 4 heteroatoms. The maximum atomic E-state index is 9.81. The molecule has 0 spiro atoms. The molecule has 0 aliphatic carbocycles. The summed E-state index contributed by atoms with van der Waals surface area (Å²) >= 11 is 1.44. The highest BCUT2D eigenvalue weighted by Crippen LogP contribution is 1.88. The molecule has 0 rings (SSSR count). The molecule has 3 nitrogen and oxygen atoms in total. The van der Waals surface area contributed by atoms with Gasteiger partial charge in [0.2, 0.25) is 0 Å². The first-order valence-electron chi connectivity index (χ1n) is 1.36. The molecule has 0 aromatic carbocycles. The lowest BCUT2D eigenvalue weighted by molar-refractivity contribution is 0.185. The highest BCUT2D eigenvalue weighted by molar-refractivity contribution is 14.1. The van der Waals surface area contributed by atoms with Crippen molar-refractivity contribution in [2.75, 3.05) is 0 Å². The average molecular weight is 211 g/mol. The Morgan fingerprint density at radius 3 is 2.71 bits per heavy atom. The molecule has 0 heterocycles. The van der Waals surface area contributed by atoms with Crippen molar-refractivity contribution in [1.82, 2.24) is 0 Å². The molecule has 0 N–H and O–H groups in total. The third kappa shape index (κ3) is 5.65. The maximum Gasteiger partial charge on any atom is 0.394 e. The van der Waals surface area contributed by atoms with Crippen LogP contribution < -0.4 is 0 Å². The van der Waals surface area contributed by atoms with E-state index in [1.54, 1.807) is 0 Å². The van der Waals surface area contributed by atoms with Crippen LogP contribution in [0, 0.1) is 0 Å². The van der Waals surface area contributed by atoms with Crippen LogP contribution in [-0.2, 0) is 4.84 Å². The van der Waals surface area contributed by atoms with Gasteiger partial charge < -0.3 is 0 Å². The van der Waals surface area contributed by atoms with E-state index in [4.69, 9.17) is 0 Å². The predicted molar refractivity (Wildman–Crippen MR) is 33.6 cm³/mol. The van der Waals surface area contributed by atoms with Crippen LogP contribution >= 0.6 is 22.6 Å². The normalized spacial score (nSPS) is 6.43. The monoisotopic (exact) mass is 211 g/mol. The fraction of sp³-hybridized carbons (Fsp3) is 0. The fourth-order valence-electron chi connectivity index (χ4n) is 0.0682. The lowest BCUT2D eigenvalue weighted by Crippen LogP contribution is -1.79. The van der Waals surface area contributed by atoms with Gasteiger partial charge in [0, 0.05) is 5.87 Å². The lowest BCUT2D eigenvalue weighted by atomic mass is 11.2. The number of carbonyl (C=O) groups is 1. The highest BCUT2D eigenvalue weighted by atomic mass is 127. The Balaban J connectivity index is 3.32. The van der Waals surface area contributed by atoms with Gasteiger partial charge in [0.15, 0.2) is 0 Å². The summed E-state index contributed by atoms with van der Waals surface area (Å²) in [5.74, 6) is 2.03. The Morgan fingerprint density at radius 1 is 2.00 bits per heavy atom. The first-order chi connectivity index (χ1) is 3.27. The summed E-state index contributed by atoms with van der Waals surface area (Å²) < 4.78 is -0.492. The minimum absolute atomic E-state index is 0.492. The Morgan fingerprint density at radius 2 is 2.57 bits per heavy atom. The zero-order valence-electron chi connectivity index (χ0n) is 3.35. The maximum absolute atomic E-state index is 9.81. The van der Waals surface area contributed by atoms with Crippen LogP contribution in [0.4, 0.5) is 4.79 Å². The smallest absolute Gasteiger partial charge is 0.299 e. The number of rotatable bonds is 1. The van der Waals surface area contributed by atoms with E-state index in [1.165, 1.54) is 22.6 Å². The SMILES string of the molecule is C=C=NOC(=O)I. The zero-order valence-corrected chi connectivity index (χ0v) is 5.51. The van der Waals surface area contributed by atoms with Crippen LogP contribution in [0.5, 0.6) is 0 Å². The quantitative estimate of drug-likeness (QED) is 0.216. The topological polar surface area (TPSA) is 38.7 Å². The number of carbonyl (C=O) groups excluding carboxylic acids is 1. The van der Waals surface area contributed by atoms with Crippen LogP contribution in [0.2, 0.25) is 0 Å². The van der Waals surface area contributed by atoms with Crippen LogP contribution in [0.1, 0.15) is 0 Å². The van der Waals surface area contributed by atoms with Gasteiger partial charge in [-0.25, -0.2) is 4.79 Å². The van der Waals surface area contributed by atoms with Crippen LogP contribution in [0.15, 0.2) is 11.7 Å². The van der Waals surface area contributed by atoms with Crippen molar-refractivity contribution in [3.8, 4) is 0 Å². The molecule has 0 fully saturated rings. The summed E-state index contributed by atoms with van der Waals surface area (Å²) in [6, 6.07) is 0. The van der Waals surface area contributed by atoms with Gasteiger partial charge >= 0.3 is 3.98 Å². The van der Waals surface area contributed by atoms with E-state index in [1.807, 2.05) is 5.87 Å². The Hall–Kier alpha value is -0.350. The largest absolute Gasteiger partial charge is 0.394 e. The molecule has 0 aromatic heterocycles. The molecule has 0 aliphatic heterocycles. The Labute approximate surface area is 54.2 Å². The van der Waals surface area contributed by atoms with E-state index in [-0.39, 0.29) is 0 Å². The van der Waals surface area contributed by atoms with E-state index in [9.17, 15) is 4.79 Å². The number of halogens is 1. The summed E-state index contributed by atoms with van der Waals surface area (Å²) in [5, 5.41) is 2.95. The van der Waals surface area contributed by atoms with Crippen LogP contribution in [0.25, 0.3) is 0 Å². The van der Waals surface area contributed by atoms with E-state index < -0.39 is 3.98 Å². The van der Waals surface area contributed by atoms with Gasteiger partial charge in [-0.2, -0.15) is 0 Å². The lowest BCUT2D eigenvalue weighted by Gasteiger charge is -1.77. The minimum Gasteiger partial charge on any atom is -0.299 e. The average Bonchev–Trinajstić information content (AvgIpc) is 1.61. The summed E-state index contributed by atoms with van der Waals surface area (Å²) in [7, 11) is 0. The van der Waals surface area contributed by atoms with Crippen molar-refractivity contribution >= 4 is 32.4 Å². The fourth-order valence-corrected chi connectivity index (χ4v) is 0.167. The molecule has 0 bridgehead atoms. The van der Waals surface area contributed by atoms with Crippen molar-refractivity contribution in [1.29, 1.82) is 0 Å². The second-order valence-corrected chi connectivity index (χ2v) is 1.46. The molecular weight excluding hydrogens is 209 g/mol. The molecule has 0 saturated heterocycles. The third-order valence-corrected chi connectivity index (χ3v) is 0.379. The minimum atomic E-state index is -0.492. The van der Waals surface area contributed by atoms with Gasteiger partial charge in [-0.05, 0) is 11.7 Å². The molecule has 0 unspecified atom stereocenters. The van der Waals surface area contributed by atoms with Crippen molar-refractivity contribution in [2.24, 2.45) is 5.16 Å². The van der Waals surface area contributed by atoms with Crippen molar-refractivity contribution in [3.63, 3.8) is 0 Å². The third-order valence-electron chi connectivity index (χ3n) is 0.182. The molecule has 7 heavy (non-hydrogen) atoms. The number of hydrogen-bond acceptors (Lipinski definition) is 3. The van der Waals surface area contributed by atoms with E-state index in [0.717, 1.165) is 0 Å². The summed E-state index contributed by atoms with van der Waals surface area (Å²) in [6.45, 7) is 3.06. The van der Waals surface area contributed by atoms with Gasteiger partial charge in [-0.1, -0.05) is 0 Å². The van der Waals surface area contributed by atoms with Gasteiger partial charge in [0.25, 0.3) is 0 Å². The number of hydrogen-bond donors (Lipinski definition) is 0. The molecule has 38 valence electrons. The van der Waals surface area contributed by atoms with Gasteiger partial charge in [-0.15, -0.1) is 0 Å². The molecule has 0 radical (unpaired) electrons. The molecular formula is C3H2INO2. The molecule has 0 amide bonds. The standard InChI is InChI=1S/C3H2INO2/c1-2-5-7-3(4)6/h1H2. The van der Waals surface area contributed by atoms with Crippen LogP contribution in [0.3, 0.4) is 0 Å². The van der Waals surface area contributed by atoms with Crippen molar-refractivity contribution in [2.45, 2.75) is 0 Å². The van der Waals surface area contributed by atoms with Gasteiger partial charge in [0.1, 0.15) is 0 Å². The highest BCUT2D eigenvalue weighted by Gasteiger charge is 1.85. The molecule has 0 aromatic rings.